The van der Waals surface area contributed by atoms with Gasteiger partial charge < -0.3 is 10.1 Å². The quantitative estimate of drug-likeness (QED) is 0.566. The standard InChI is InChI=1S/C22H21ClN2O4S/c1-15-6-8-16(9-7-15)14-24-30(27,28)19-10-11-21(29-2)20(13-19)25-22(26)17-4-3-5-18(23)12-17/h3-13,24H,14H2,1-2H3,(H,25,26). The summed E-state index contributed by atoms with van der Waals surface area (Å²) >= 11 is 5.94. The largest absolute Gasteiger partial charge is 0.495 e. The molecule has 3 aromatic rings. The van der Waals surface area contributed by atoms with Crippen molar-refractivity contribution in [2.45, 2.75) is 18.4 Å². The highest BCUT2D eigenvalue weighted by molar-refractivity contribution is 7.89. The van der Waals surface area contributed by atoms with Crippen LogP contribution in [-0.4, -0.2) is 21.4 Å². The van der Waals surface area contributed by atoms with Crippen molar-refractivity contribution >= 4 is 33.2 Å². The molecule has 8 heteroatoms. The summed E-state index contributed by atoms with van der Waals surface area (Å²) in [5, 5.41) is 3.11. The fourth-order valence-corrected chi connectivity index (χ4v) is 3.98. The third-order valence-electron chi connectivity index (χ3n) is 4.40. The first-order valence-corrected chi connectivity index (χ1v) is 10.9. The van der Waals surface area contributed by atoms with E-state index in [1.807, 2.05) is 31.2 Å². The van der Waals surface area contributed by atoms with Gasteiger partial charge in [0.25, 0.3) is 5.91 Å². The number of nitrogens with one attached hydrogen (secondary N) is 2. The number of hydrogen-bond donors (Lipinski definition) is 2. The van der Waals surface area contributed by atoms with Gasteiger partial charge in [-0.3, -0.25) is 4.79 Å². The lowest BCUT2D eigenvalue weighted by atomic mass is 10.2. The van der Waals surface area contributed by atoms with E-state index in [9.17, 15) is 13.2 Å². The molecule has 1 amide bonds. The summed E-state index contributed by atoms with van der Waals surface area (Å²) in [6.07, 6.45) is 0. The van der Waals surface area contributed by atoms with Gasteiger partial charge in [0, 0.05) is 17.1 Å². The number of aryl methyl sites for hydroxylation is 1. The van der Waals surface area contributed by atoms with Crippen LogP contribution in [0.15, 0.2) is 71.6 Å². The zero-order valence-corrected chi connectivity index (χ0v) is 18.0. The Bertz CT molecular complexity index is 1160. The number of hydrogen-bond acceptors (Lipinski definition) is 4. The van der Waals surface area contributed by atoms with Gasteiger partial charge in [-0.15, -0.1) is 0 Å². The highest BCUT2D eigenvalue weighted by Crippen LogP contribution is 2.28. The highest BCUT2D eigenvalue weighted by atomic mass is 35.5. The molecule has 6 nitrogen and oxygen atoms in total. The van der Waals surface area contributed by atoms with E-state index < -0.39 is 15.9 Å². The van der Waals surface area contributed by atoms with Gasteiger partial charge >= 0.3 is 0 Å². The minimum atomic E-state index is -3.80. The Kier molecular flexibility index (Phi) is 6.77. The summed E-state index contributed by atoms with van der Waals surface area (Å²) in [6.45, 7) is 2.11. The molecule has 0 heterocycles. The second kappa shape index (κ2) is 9.30. The van der Waals surface area contributed by atoms with Crippen molar-refractivity contribution in [1.82, 2.24) is 4.72 Å². The molecule has 0 saturated heterocycles. The lowest BCUT2D eigenvalue weighted by molar-refractivity contribution is 0.102. The summed E-state index contributed by atoms with van der Waals surface area (Å²) in [6, 6.07) is 18.3. The average Bonchev–Trinajstić information content (AvgIpc) is 2.73. The van der Waals surface area contributed by atoms with Gasteiger partial charge in [0.05, 0.1) is 17.7 Å². The van der Waals surface area contributed by atoms with Gasteiger partial charge in [0.15, 0.2) is 0 Å². The smallest absolute Gasteiger partial charge is 0.255 e. The highest BCUT2D eigenvalue weighted by Gasteiger charge is 2.18. The number of anilines is 1. The number of carbonyl (C=O) groups is 1. The van der Waals surface area contributed by atoms with E-state index >= 15 is 0 Å². The van der Waals surface area contributed by atoms with Crippen molar-refractivity contribution < 1.29 is 17.9 Å². The van der Waals surface area contributed by atoms with Crippen LogP contribution in [0.5, 0.6) is 5.75 Å². The van der Waals surface area contributed by atoms with Crippen LogP contribution in [0.4, 0.5) is 5.69 Å². The van der Waals surface area contributed by atoms with Gasteiger partial charge in [0.2, 0.25) is 10.0 Å². The Labute approximate surface area is 180 Å². The molecule has 3 rings (SSSR count). The average molecular weight is 445 g/mol. The number of amides is 1. The summed E-state index contributed by atoms with van der Waals surface area (Å²) in [5.41, 5.74) is 2.51. The van der Waals surface area contributed by atoms with E-state index in [0.29, 0.717) is 16.3 Å². The molecule has 0 radical (unpaired) electrons. The van der Waals surface area contributed by atoms with Crippen LogP contribution in [0.3, 0.4) is 0 Å². The number of carbonyl (C=O) groups excluding carboxylic acids is 1. The summed E-state index contributed by atoms with van der Waals surface area (Å²) in [4.78, 5) is 12.6. The van der Waals surface area contributed by atoms with Crippen LogP contribution < -0.4 is 14.8 Å². The number of sulfonamides is 1. The molecule has 0 unspecified atom stereocenters. The third kappa shape index (κ3) is 5.38. The molecule has 0 aliphatic heterocycles. The Morgan fingerprint density at radius 1 is 1.03 bits per heavy atom. The molecule has 0 saturated carbocycles. The first kappa shape index (κ1) is 21.8. The van der Waals surface area contributed by atoms with Gasteiger partial charge in [-0.2, -0.15) is 0 Å². The molecule has 0 bridgehead atoms. The fourth-order valence-electron chi connectivity index (χ4n) is 2.74. The summed E-state index contributed by atoms with van der Waals surface area (Å²) < 4.78 is 33.3. The van der Waals surface area contributed by atoms with Gasteiger partial charge in [0.1, 0.15) is 5.75 Å². The number of halogens is 1. The molecule has 0 aliphatic carbocycles. The first-order chi connectivity index (χ1) is 14.3. The summed E-state index contributed by atoms with van der Waals surface area (Å²) in [7, 11) is -2.36. The van der Waals surface area contributed by atoms with Crippen LogP contribution >= 0.6 is 11.6 Å². The normalized spacial score (nSPS) is 11.2. The van der Waals surface area contributed by atoms with Crippen LogP contribution in [0, 0.1) is 6.92 Å². The van der Waals surface area contributed by atoms with Crippen molar-refractivity contribution in [3.63, 3.8) is 0 Å². The predicted octanol–water partition coefficient (Wildman–Crippen LogP) is 4.39. The minimum Gasteiger partial charge on any atom is -0.495 e. The van der Waals surface area contributed by atoms with Gasteiger partial charge in [-0.1, -0.05) is 47.5 Å². The maximum absolute atomic E-state index is 12.7. The van der Waals surface area contributed by atoms with Gasteiger partial charge in [-0.25, -0.2) is 13.1 Å². The zero-order chi connectivity index (χ0) is 21.7. The lowest BCUT2D eigenvalue weighted by Gasteiger charge is -2.13. The van der Waals surface area contributed by atoms with Crippen LogP contribution in [0.2, 0.25) is 5.02 Å². The number of methoxy groups -OCH3 is 1. The maximum Gasteiger partial charge on any atom is 0.255 e. The molecule has 0 aliphatic rings. The number of rotatable bonds is 7. The molecular weight excluding hydrogens is 424 g/mol. The van der Waals surface area contributed by atoms with E-state index in [-0.39, 0.29) is 17.1 Å². The van der Waals surface area contributed by atoms with Crippen molar-refractivity contribution in [2.75, 3.05) is 12.4 Å². The minimum absolute atomic E-state index is 0.0109. The number of ether oxygens (including phenoxy) is 1. The molecule has 0 fully saturated rings. The number of benzene rings is 3. The fraction of sp³-hybridized carbons (Fsp3) is 0.136. The second-order valence-corrected chi connectivity index (χ2v) is 8.84. The van der Waals surface area contributed by atoms with Crippen molar-refractivity contribution in [3.05, 3.63) is 88.4 Å². The van der Waals surface area contributed by atoms with Crippen LogP contribution in [0.25, 0.3) is 0 Å². The Hall–Kier alpha value is -2.87. The predicted molar refractivity (Wildman–Crippen MR) is 118 cm³/mol. The van der Waals surface area contributed by atoms with Crippen molar-refractivity contribution in [2.24, 2.45) is 0 Å². The van der Waals surface area contributed by atoms with E-state index in [2.05, 4.69) is 10.0 Å². The third-order valence-corrected chi connectivity index (χ3v) is 6.04. The lowest BCUT2D eigenvalue weighted by Crippen LogP contribution is -2.23. The molecule has 2 N–H and O–H groups in total. The summed E-state index contributed by atoms with van der Waals surface area (Å²) in [5.74, 6) is -0.0965. The molecule has 30 heavy (non-hydrogen) atoms. The van der Waals surface area contributed by atoms with Crippen LogP contribution in [0.1, 0.15) is 21.5 Å². The zero-order valence-electron chi connectivity index (χ0n) is 16.5. The molecule has 3 aromatic carbocycles. The van der Waals surface area contributed by atoms with E-state index in [4.69, 9.17) is 16.3 Å². The molecule has 0 aromatic heterocycles. The topological polar surface area (TPSA) is 84.5 Å². The second-order valence-electron chi connectivity index (χ2n) is 6.64. The first-order valence-electron chi connectivity index (χ1n) is 9.08. The van der Waals surface area contributed by atoms with Crippen molar-refractivity contribution in [1.29, 1.82) is 0 Å². The Morgan fingerprint density at radius 3 is 2.43 bits per heavy atom. The molecule has 156 valence electrons. The maximum atomic E-state index is 12.7. The molecule has 0 spiro atoms. The van der Waals surface area contributed by atoms with E-state index in [0.717, 1.165) is 11.1 Å². The Balaban J connectivity index is 1.82. The molecule has 0 atom stereocenters. The van der Waals surface area contributed by atoms with E-state index in [1.54, 1.807) is 18.2 Å². The molecular formula is C22H21ClN2O4S. The van der Waals surface area contributed by atoms with Gasteiger partial charge in [-0.05, 0) is 48.9 Å². The SMILES string of the molecule is COc1ccc(S(=O)(=O)NCc2ccc(C)cc2)cc1NC(=O)c1cccc(Cl)c1. The van der Waals surface area contributed by atoms with Crippen molar-refractivity contribution in [3.8, 4) is 5.75 Å². The van der Waals surface area contributed by atoms with Crippen LogP contribution in [-0.2, 0) is 16.6 Å². The van der Waals surface area contributed by atoms with E-state index in [1.165, 1.54) is 31.4 Å². The Morgan fingerprint density at radius 2 is 1.77 bits per heavy atom. The monoisotopic (exact) mass is 444 g/mol.